The molecule has 1 fully saturated rings. The smallest absolute Gasteiger partial charge is 0.254 e. The highest BCUT2D eigenvalue weighted by Crippen LogP contribution is 2.17. The Morgan fingerprint density at radius 2 is 2.10 bits per heavy atom. The van der Waals surface area contributed by atoms with Gasteiger partial charge in [-0.2, -0.15) is 0 Å². The molecule has 3 atom stereocenters. The van der Waals surface area contributed by atoms with Crippen molar-refractivity contribution in [3.63, 3.8) is 0 Å². The Bertz CT molecular complexity index is 508. The first-order chi connectivity index (χ1) is 9.41. The number of benzene rings is 1. The van der Waals surface area contributed by atoms with E-state index in [0.29, 0.717) is 11.1 Å². The molecule has 1 saturated heterocycles. The lowest BCUT2D eigenvalue weighted by Gasteiger charge is -2.37. The van der Waals surface area contributed by atoms with Crippen LogP contribution in [0.15, 0.2) is 18.2 Å². The van der Waals surface area contributed by atoms with Gasteiger partial charge in [0.1, 0.15) is 18.0 Å². The van der Waals surface area contributed by atoms with Crippen molar-refractivity contribution in [1.82, 2.24) is 4.90 Å². The van der Waals surface area contributed by atoms with E-state index >= 15 is 0 Å². The summed E-state index contributed by atoms with van der Waals surface area (Å²) >= 11 is 0. The number of carbonyl (C=O) groups excluding carboxylic acids is 1. The molecule has 0 saturated carbocycles. The number of hydrogen-bond donors (Lipinski definition) is 2. The zero-order valence-electron chi connectivity index (χ0n) is 11.4. The summed E-state index contributed by atoms with van der Waals surface area (Å²) in [6.07, 6.45) is -2.07. The number of aryl methyl sites for hydroxylation is 1. The molecule has 1 amide bonds. The molecule has 1 aromatic carbocycles. The van der Waals surface area contributed by atoms with Crippen LogP contribution in [0.1, 0.15) is 15.9 Å². The van der Waals surface area contributed by atoms with Crippen LogP contribution in [0.5, 0.6) is 0 Å². The molecule has 1 aliphatic rings. The molecule has 2 rings (SSSR count). The molecule has 20 heavy (non-hydrogen) atoms. The van der Waals surface area contributed by atoms with Crippen LogP contribution in [-0.4, -0.2) is 59.5 Å². The van der Waals surface area contributed by atoms with Gasteiger partial charge >= 0.3 is 0 Å². The van der Waals surface area contributed by atoms with Gasteiger partial charge in [0.25, 0.3) is 5.91 Å². The minimum Gasteiger partial charge on any atom is -0.388 e. The van der Waals surface area contributed by atoms with Crippen LogP contribution in [-0.2, 0) is 4.74 Å². The summed E-state index contributed by atoms with van der Waals surface area (Å²) in [5.41, 5.74) is 0.711. The van der Waals surface area contributed by atoms with E-state index in [9.17, 15) is 19.4 Å². The molecular formula is C14H18FNO4. The first-order valence-corrected chi connectivity index (χ1v) is 6.39. The maximum Gasteiger partial charge on any atom is 0.254 e. The second kappa shape index (κ2) is 5.87. The molecule has 1 heterocycles. The molecule has 0 aliphatic carbocycles. The molecule has 1 aliphatic heterocycles. The fourth-order valence-corrected chi connectivity index (χ4v) is 2.24. The van der Waals surface area contributed by atoms with Gasteiger partial charge in [0.05, 0.1) is 19.3 Å². The highest BCUT2D eigenvalue weighted by atomic mass is 19.1. The highest BCUT2D eigenvalue weighted by molar-refractivity contribution is 5.94. The zero-order valence-corrected chi connectivity index (χ0v) is 11.4. The number of nitrogens with zero attached hydrogens (tertiary/aromatic N) is 1. The molecule has 110 valence electrons. The summed E-state index contributed by atoms with van der Waals surface area (Å²) in [6, 6.07) is 3.46. The maximum absolute atomic E-state index is 13.2. The molecule has 0 unspecified atom stereocenters. The van der Waals surface area contributed by atoms with Gasteiger partial charge in [-0.05, 0) is 30.7 Å². The van der Waals surface area contributed by atoms with E-state index in [4.69, 9.17) is 4.74 Å². The van der Waals surface area contributed by atoms with Crippen LogP contribution in [0.25, 0.3) is 0 Å². The first-order valence-electron chi connectivity index (χ1n) is 6.39. The highest BCUT2D eigenvalue weighted by Gasteiger charge is 2.36. The molecule has 1 aromatic rings. The molecular weight excluding hydrogens is 265 g/mol. The standard InChI is InChI=1S/C14H18FNO4/c1-8-5-9(3-4-10(8)15)14(19)16(2)11-6-20-7-12(17)13(11)18/h3-5,11-13,17-18H,6-7H2,1-2H3/t11-,12-,13+/m1/s1. The lowest BCUT2D eigenvalue weighted by molar-refractivity contribution is -0.122. The van der Waals surface area contributed by atoms with Crippen LogP contribution in [0, 0.1) is 12.7 Å². The van der Waals surface area contributed by atoms with Gasteiger partial charge < -0.3 is 19.8 Å². The van der Waals surface area contributed by atoms with Gasteiger partial charge in [-0.3, -0.25) is 4.79 Å². The zero-order chi connectivity index (χ0) is 14.9. The average molecular weight is 283 g/mol. The van der Waals surface area contributed by atoms with Crippen molar-refractivity contribution in [3.8, 4) is 0 Å². The second-order valence-electron chi connectivity index (χ2n) is 5.04. The lowest BCUT2D eigenvalue weighted by Crippen LogP contribution is -2.56. The van der Waals surface area contributed by atoms with E-state index in [2.05, 4.69) is 0 Å². The molecule has 0 aromatic heterocycles. The number of aliphatic hydroxyl groups is 2. The normalized spacial score (nSPS) is 26.4. The number of ether oxygens (including phenoxy) is 1. The van der Waals surface area contributed by atoms with E-state index in [0.717, 1.165) is 0 Å². The summed E-state index contributed by atoms with van der Waals surface area (Å²) in [5, 5.41) is 19.5. The van der Waals surface area contributed by atoms with Gasteiger partial charge in [0.15, 0.2) is 0 Å². The minimum atomic E-state index is -1.06. The van der Waals surface area contributed by atoms with Crippen LogP contribution in [0.3, 0.4) is 0 Å². The third kappa shape index (κ3) is 2.82. The van der Waals surface area contributed by atoms with Crippen molar-refractivity contribution in [2.45, 2.75) is 25.2 Å². The number of likely N-dealkylation sites (N-methyl/N-ethyl adjacent to an activating group) is 1. The molecule has 2 N–H and O–H groups in total. The van der Waals surface area contributed by atoms with Gasteiger partial charge in [-0.25, -0.2) is 4.39 Å². The molecule has 0 bridgehead atoms. The predicted octanol–water partition coefficient (Wildman–Crippen LogP) is 0.327. The fourth-order valence-electron chi connectivity index (χ4n) is 2.24. The van der Waals surface area contributed by atoms with E-state index in [1.54, 1.807) is 6.92 Å². The molecule has 0 spiro atoms. The van der Waals surface area contributed by atoms with Crippen molar-refractivity contribution < 1.29 is 24.1 Å². The van der Waals surface area contributed by atoms with Crippen LogP contribution >= 0.6 is 0 Å². The van der Waals surface area contributed by atoms with E-state index in [1.165, 1.54) is 30.1 Å². The summed E-state index contributed by atoms with van der Waals surface area (Å²) in [4.78, 5) is 13.6. The largest absolute Gasteiger partial charge is 0.388 e. The predicted molar refractivity (Wildman–Crippen MR) is 69.9 cm³/mol. The molecule has 0 radical (unpaired) electrons. The van der Waals surface area contributed by atoms with Crippen molar-refractivity contribution >= 4 is 5.91 Å². The Morgan fingerprint density at radius 1 is 1.40 bits per heavy atom. The van der Waals surface area contributed by atoms with E-state index in [1.807, 2.05) is 0 Å². The summed E-state index contributed by atoms with van der Waals surface area (Å²) < 4.78 is 18.4. The van der Waals surface area contributed by atoms with Gasteiger partial charge in [-0.15, -0.1) is 0 Å². The number of carbonyl (C=O) groups is 1. The lowest BCUT2D eigenvalue weighted by atomic mass is 10.0. The number of aliphatic hydroxyl groups excluding tert-OH is 2. The summed E-state index contributed by atoms with van der Waals surface area (Å²) in [7, 11) is 1.52. The second-order valence-corrected chi connectivity index (χ2v) is 5.04. The number of amides is 1. The quantitative estimate of drug-likeness (QED) is 0.820. The molecule has 6 heteroatoms. The van der Waals surface area contributed by atoms with Crippen molar-refractivity contribution in [2.75, 3.05) is 20.3 Å². The minimum absolute atomic E-state index is 0.0509. The topological polar surface area (TPSA) is 70.0 Å². The van der Waals surface area contributed by atoms with Crippen LogP contribution in [0.2, 0.25) is 0 Å². The third-order valence-corrected chi connectivity index (χ3v) is 3.59. The van der Waals surface area contributed by atoms with Crippen molar-refractivity contribution in [3.05, 3.63) is 35.1 Å². The molecule has 5 nitrogen and oxygen atoms in total. The van der Waals surface area contributed by atoms with E-state index in [-0.39, 0.29) is 24.9 Å². The first kappa shape index (κ1) is 14.9. The van der Waals surface area contributed by atoms with Gasteiger partial charge in [-0.1, -0.05) is 0 Å². The SMILES string of the molecule is Cc1cc(C(=O)N(C)[C@@H]2COC[C@@H](O)[C@H]2O)ccc1F. The maximum atomic E-state index is 13.2. The van der Waals surface area contributed by atoms with Crippen LogP contribution < -0.4 is 0 Å². The van der Waals surface area contributed by atoms with Gasteiger partial charge in [0.2, 0.25) is 0 Å². The Labute approximate surface area is 116 Å². The third-order valence-electron chi connectivity index (χ3n) is 3.59. The average Bonchev–Trinajstić information content (AvgIpc) is 2.43. The monoisotopic (exact) mass is 283 g/mol. The Morgan fingerprint density at radius 3 is 2.75 bits per heavy atom. The number of hydrogen-bond acceptors (Lipinski definition) is 4. The summed E-state index contributed by atoms with van der Waals surface area (Å²) in [5.74, 6) is -0.726. The Balaban J connectivity index is 2.17. The van der Waals surface area contributed by atoms with Crippen LogP contribution in [0.4, 0.5) is 4.39 Å². The number of halogens is 1. The van der Waals surface area contributed by atoms with Crippen molar-refractivity contribution in [1.29, 1.82) is 0 Å². The Hall–Kier alpha value is -1.50. The van der Waals surface area contributed by atoms with Crippen molar-refractivity contribution in [2.24, 2.45) is 0 Å². The number of rotatable bonds is 2. The summed E-state index contributed by atoms with van der Waals surface area (Å²) in [6.45, 7) is 1.78. The Kier molecular flexibility index (Phi) is 4.37. The van der Waals surface area contributed by atoms with E-state index < -0.39 is 18.2 Å². The fraction of sp³-hybridized carbons (Fsp3) is 0.500. The van der Waals surface area contributed by atoms with Gasteiger partial charge in [0, 0.05) is 12.6 Å².